The van der Waals surface area contributed by atoms with Gasteiger partial charge < -0.3 is 20.5 Å². The fraction of sp³-hybridized carbons (Fsp3) is 0.615. The first kappa shape index (κ1) is 23.8. The van der Waals surface area contributed by atoms with Gasteiger partial charge in [0.2, 0.25) is 5.91 Å². The van der Waals surface area contributed by atoms with Crippen molar-refractivity contribution in [3.05, 3.63) is 40.8 Å². The number of anilines is 1. The van der Waals surface area contributed by atoms with Crippen LogP contribution in [0, 0.1) is 11.8 Å². The first-order valence-corrected chi connectivity index (χ1v) is 12.9. The number of rotatable bonds is 10. The number of H-pyrrole nitrogens is 1. The van der Waals surface area contributed by atoms with Crippen molar-refractivity contribution in [2.45, 2.75) is 76.4 Å². The standard InChI is InChI=1S/C26H35N5O4/c32-25(18-4-5-19-15-28-31-23(19)14-18)30-22(26(33)34)9-11-35-21-12-16(13-21)3-7-20-8-6-17-2-1-10-27-24(17)29-20/h6,8,15-16,18,21-22H,1-5,7,9-14H2,(H,27,29)(H,28,31)(H,30,32)(H,33,34)/t16?,18?,21?,22-/m0/s1. The van der Waals surface area contributed by atoms with Gasteiger partial charge in [-0.15, -0.1) is 0 Å². The van der Waals surface area contributed by atoms with Crippen LogP contribution >= 0.6 is 0 Å². The molecule has 4 N–H and O–H groups in total. The summed E-state index contributed by atoms with van der Waals surface area (Å²) in [5.41, 5.74) is 4.58. The molecule has 2 aliphatic carbocycles. The first-order valence-electron chi connectivity index (χ1n) is 12.9. The molecule has 5 rings (SSSR count). The van der Waals surface area contributed by atoms with E-state index < -0.39 is 12.0 Å². The molecule has 0 saturated heterocycles. The number of pyridine rings is 1. The van der Waals surface area contributed by atoms with Crippen molar-refractivity contribution in [3.8, 4) is 0 Å². The monoisotopic (exact) mass is 481 g/mol. The summed E-state index contributed by atoms with van der Waals surface area (Å²) in [7, 11) is 0. The summed E-state index contributed by atoms with van der Waals surface area (Å²) in [4.78, 5) is 29.1. The van der Waals surface area contributed by atoms with E-state index in [-0.39, 0.29) is 24.3 Å². The normalized spacial score (nSPS) is 23.8. The Hall–Kier alpha value is -2.94. The molecule has 1 amide bonds. The molecular weight excluding hydrogens is 446 g/mol. The number of aromatic nitrogens is 3. The molecule has 1 aliphatic heterocycles. The van der Waals surface area contributed by atoms with Crippen LogP contribution in [-0.4, -0.2) is 57.5 Å². The van der Waals surface area contributed by atoms with Gasteiger partial charge in [-0.1, -0.05) is 6.07 Å². The van der Waals surface area contributed by atoms with Crippen molar-refractivity contribution in [3.63, 3.8) is 0 Å². The van der Waals surface area contributed by atoms with Crippen LogP contribution in [0.5, 0.6) is 0 Å². The van der Waals surface area contributed by atoms with E-state index >= 15 is 0 Å². The van der Waals surface area contributed by atoms with Gasteiger partial charge in [-0.3, -0.25) is 9.89 Å². The highest BCUT2D eigenvalue weighted by Gasteiger charge is 2.32. The summed E-state index contributed by atoms with van der Waals surface area (Å²) < 4.78 is 5.92. The molecular formula is C26H35N5O4. The van der Waals surface area contributed by atoms with Crippen LogP contribution < -0.4 is 10.6 Å². The number of ether oxygens (including phenoxy) is 1. The summed E-state index contributed by atoms with van der Waals surface area (Å²) in [5.74, 6) is 0.238. The molecule has 0 radical (unpaired) electrons. The van der Waals surface area contributed by atoms with Crippen LogP contribution in [0.25, 0.3) is 0 Å². The van der Waals surface area contributed by atoms with Gasteiger partial charge in [0, 0.05) is 43.3 Å². The number of nitrogens with zero attached hydrogens (tertiary/aromatic N) is 2. The van der Waals surface area contributed by atoms with Gasteiger partial charge in [-0.05, 0) is 74.5 Å². The zero-order valence-corrected chi connectivity index (χ0v) is 20.1. The van der Waals surface area contributed by atoms with Gasteiger partial charge in [-0.25, -0.2) is 9.78 Å². The predicted molar refractivity (Wildman–Crippen MR) is 130 cm³/mol. The molecule has 2 aromatic rings. The second-order valence-corrected chi connectivity index (χ2v) is 10.2. The van der Waals surface area contributed by atoms with E-state index in [1.807, 2.05) is 0 Å². The average Bonchev–Trinajstić information content (AvgIpc) is 3.31. The summed E-state index contributed by atoms with van der Waals surface area (Å²) >= 11 is 0. The minimum Gasteiger partial charge on any atom is -0.480 e. The molecule has 1 unspecified atom stereocenters. The lowest BCUT2D eigenvalue weighted by Crippen LogP contribution is -2.45. The number of carbonyl (C=O) groups excluding carboxylic acids is 1. The van der Waals surface area contributed by atoms with E-state index in [4.69, 9.17) is 9.72 Å². The molecule has 35 heavy (non-hydrogen) atoms. The van der Waals surface area contributed by atoms with Crippen molar-refractivity contribution < 1.29 is 19.4 Å². The van der Waals surface area contributed by atoms with E-state index in [0.717, 1.165) is 67.8 Å². The highest BCUT2D eigenvalue weighted by atomic mass is 16.5. The number of carboxylic acid groups (broad SMARTS) is 1. The number of carbonyl (C=O) groups is 2. The Morgan fingerprint density at radius 2 is 2.11 bits per heavy atom. The summed E-state index contributed by atoms with van der Waals surface area (Å²) in [6.07, 6.45) is 10.7. The van der Waals surface area contributed by atoms with Gasteiger partial charge in [-0.2, -0.15) is 5.10 Å². The van der Waals surface area contributed by atoms with Crippen molar-refractivity contribution in [2.75, 3.05) is 18.5 Å². The quantitative estimate of drug-likeness (QED) is 0.411. The van der Waals surface area contributed by atoms with Crippen molar-refractivity contribution >= 4 is 17.7 Å². The zero-order valence-electron chi connectivity index (χ0n) is 20.1. The van der Waals surface area contributed by atoms with Gasteiger partial charge in [0.1, 0.15) is 11.9 Å². The lowest BCUT2D eigenvalue weighted by molar-refractivity contribution is -0.143. The smallest absolute Gasteiger partial charge is 0.326 e. The Morgan fingerprint density at radius 3 is 2.97 bits per heavy atom. The SMILES string of the molecule is O=C(N[C@@H](CCOC1CC(CCc2ccc3c(n2)NCCC3)C1)C(=O)O)C1CCc2cn[nH]c2C1. The molecule has 1 saturated carbocycles. The number of aryl methyl sites for hydroxylation is 3. The van der Waals surface area contributed by atoms with E-state index in [9.17, 15) is 14.7 Å². The Morgan fingerprint density at radius 1 is 1.23 bits per heavy atom. The average molecular weight is 482 g/mol. The summed E-state index contributed by atoms with van der Waals surface area (Å²) in [6.45, 7) is 1.34. The topological polar surface area (TPSA) is 129 Å². The number of aromatic amines is 1. The van der Waals surface area contributed by atoms with E-state index in [0.29, 0.717) is 25.4 Å². The van der Waals surface area contributed by atoms with Crippen LogP contribution in [0.3, 0.4) is 0 Å². The molecule has 3 aliphatic rings. The Labute approximate surface area is 205 Å². The molecule has 9 heteroatoms. The number of nitrogens with one attached hydrogen (secondary N) is 3. The fourth-order valence-electron chi connectivity index (χ4n) is 5.44. The second-order valence-electron chi connectivity index (χ2n) is 10.2. The Kier molecular flexibility index (Phi) is 7.32. The van der Waals surface area contributed by atoms with E-state index in [2.05, 4.69) is 33.0 Å². The van der Waals surface area contributed by atoms with E-state index in [1.54, 1.807) is 6.20 Å². The number of aliphatic carboxylic acids is 1. The van der Waals surface area contributed by atoms with Crippen LogP contribution in [0.2, 0.25) is 0 Å². The molecule has 3 heterocycles. The highest BCUT2D eigenvalue weighted by Crippen LogP contribution is 2.34. The molecule has 0 spiro atoms. The summed E-state index contributed by atoms with van der Waals surface area (Å²) in [6, 6.07) is 3.43. The Bertz CT molecular complexity index is 1050. The van der Waals surface area contributed by atoms with Crippen LogP contribution in [0.1, 0.15) is 61.0 Å². The predicted octanol–water partition coefficient (Wildman–Crippen LogP) is 2.66. The number of fused-ring (bicyclic) bond motifs is 2. The van der Waals surface area contributed by atoms with Gasteiger partial charge in [0.15, 0.2) is 0 Å². The maximum absolute atomic E-state index is 12.7. The fourth-order valence-corrected chi connectivity index (χ4v) is 5.44. The number of carboxylic acids is 1. The molecule has 1 fully saturated rings. The highest BCUT2D eigenvalue weighted by molar-refractivity contribution is 5.85. The maximum atomic E-state index is 12.7. The van der Waals surface area contributed by atoms with Crippen LogP contribution in [0.4, 0.5) is 5.82 Å². The third-order valence-corrected chi connectivity index (χ3v) is 7.72. The number of hydrogen-bond acceptors (Lipinski definition) is 6. The third-order valence-electron chi connectivity index (χ3n) is 7.72. The van der Waals surface area contributed by atoms with Crippen LogP contribution in [0.15, 0.2) is 18.3 Å². The molecule has 2 aromatic heterocycles. The second kappa shape index (κ2) is 10.8. The molecule has 9 nitrogen and oxygen atoms in total. The maximum Gasteiger partial charge on any atom is 0.326 e. The molecule has 188 valence electrons. The zero-order chi connectivity index (χ0) is 24.2. The Balaban J connectivity index is 0.993. The molecule has 2 atom stereocenters. The summed E-state index contributed by atoms with van der Waals surface area (Å²) in [5, 5.41) is 22.7. The first-order chi connectivity index (χ1) is 17.0. The van der Waals surface area contributed by atoms with Crippen molar-refractivity contribution in [2.24, 2.45) is 11.8 Å². The van der Waals surface area contributed by atoms with Gasteiger partial charge in [0.25, 0.3) is 0 Å². The van der Waals surface area contributed by atoms with E-state index in [1.165, 1.54) is 12.0 Å². The minimum atomic E-state index is -1.02. The third kappa shape index (κ3) is 5.83. The van der Waals surface area contributed by atoms with Crippen molar-refractivity contribution in [1.82, 2.24) is 20.5 Å². The number of hydrogen-bond donors (Lipinski definition) is 4. The van der Waals surface area contributed by atoms with Crippen LogP contribution in [-0.2, 0) is 40.0 Å². The largest absolute Gasteiger partial charge is 0.480 e. The number of amides is 1. The lowest BCUT2D eigenvalue weighted by Gasteiger charge is -2.35. The molecule has 0 aromatic carbocycles. The molecule has 0 bridgehead atoms. The van der Waals surface area contributed by atoms with Gasteiger partial charge >= 0.3 is 5.97 Å². The van der Waals surface area contributed by atoms with Gasteiger partial charge in [0.05, 0.1) is 12.3 Å². The minimum absolute atomic E-state index is 0.181. The van der Waals surface area contributed by atoms with Crippen molar-refractivity contribution in [1.29, 1.82) is 0 Å². The lowest BCUT2D eigenvalue weighted by atomic mass is 9.79.